The quantitative estimate of drug-likeness (QED) is 0.659. The van der Waals surface area contributed by atoms with Crippen molar-refractivity contribution >= 4 is 16.9 Å². The number of pyridine rings is 1. The minimum absolute atomic E-state index is 0.331. The fraction of sp³-hybridized carbons (Fsp3) is 0.200. The van der Waals surface area contributed by atoms with Crippen molar-refractivity contribution in [2.45, 2.75) is 20.3 Å². The Labute approximate surface area is 135 Å². The SMILES string of the molecule is CCOC(=O)c1cc2cc(CC)ccc2nc1-c1ccccc1. The van der Waals surface area contributed by atoms with Crippen LogP contribution in [0.3, 0.4) is 0 Å². The van der Waals surface area contributed by atoms with Crippen molar-refractivity contribution in [1.82, 2.24) is 4.98 Å². The average Bonchev–Trinajstić information content (AvgIpc) is 2.61. The molecule has 3 rings (SSSR count). The van der Waals surface area contributed by atoms with E-state index in [9.17, 15) is 4.79 Å². The molecule has 0 spiro atoms. The van der Waals surface area contributed by atoms with E-state index in [0.29, 0.717) is 17.9 Å². The molecule has 0 N–H and O–H groups in total. The van der Waals surface area contributed by atoms with Gasteiger partial charge in [0.2, 0.25) is 0 Å². The fourth-order valence-electron chi connectivity index (χ4n) is 2.63. The predicted molar refractivity (Wildman–Crippen MR) is 92.5 cm³/mol. The molecule has 23 heavy (non-hydrogen) atoms. The molecule has 0 amide bonds. The number of aromatic nitrogens is 1. The Morgan fingerprint density at radius 2 is 1.83 bits per heavy atom. The number of esters is 1. The van der Waals surface area contributed by atoms with Gasteiger partial charge in [-0.25, -0.2) is 9.78 Å². The largest absolute Gasteiger partial charge is 0.462 e. The van der Waals surface area contributed by atoms with Gasteiger partial charge >= 0.3 is 5.97 Å². The number of ether oxygens (including phenoxy) is 1. The summed E-state index contributed by atoms with van der Waals surface area (Å²) in [5, 5.41) is 0.965. The molecule has 0 radical (unpaired) electrons. The first-order valence-corrected chi connectivity index (χ1v) is 7.89. The van der Waals surface area contributed by atoms with Crippen molar-refractivity contribution in [2.24, 2.45) is 0 Å². The summed E-state index contributed by atoms with van der Waals surface area (Å²) in [5.41, 5.74) is 4.20. The van der Waals surface area contributed by atoms with Gasteiger partial charge in [-0.3, -0.25) is 0 Å². The number of carbonyl (C=O) groups excluding carboxylic acids is 1. The number of carbonyl (C=O) groups is 1. The zero-order valence-electron chi connectivity index (χ0n) is 13.4. The van der Waals surface area contributed by atoms with Crippen LogP contribution in [0.2, 0.25) is 0 Å². The van der Waals surface area contributed by atoms with Gasteiger partial charge in [-0.05, 0) is 37.1 Å². The lowest BCUT2D eigenvalue weighted by molar-refractivity contribution is 0.0527. The fourth-order valence-corrected chi connectivity index (χ4v) is 2.63. The average molecular weight is 305 g/mol. The van der Waals surface area contributed by atoms with Crippen LogP contribution in [-0.2, 0) is 11.2 Å². The van der Waals surface area contributed by atoms with Gasteiger partial charge < -0.3 is 4.74 Å². The lowest BCUT2D eigenvalue weighted by Gasteiger charge is -2.11. The molecule has 0 fully saturated rings. The molecule has 1 aromatic heterocycles. The van der Waals surface area contributed by atoms with Gasteiger partial charge in [-0.2, -0.15) is 0 Å². The molecule has 0 aliphatic heterocycles. The van der Waals surface area contributed by atoms with Crippen molar-refractivity contribution in [3.8, 4) is 11.3 Å². The van der Waals surface area contributed by atoms with Crippen LogP contribution in [0.1, 0.15) is 29.8 Å². The molecule has 0 aliphatic rings. The minimum atomic E-state index is -0.331. The molecule has 0 unspecified atom stereocenters. The van der Waals surface area contributed by atoms with Crippen molar-refractivity contribution < 1.29 is 9.53 Å². The van der Waals surface area contributed by atoms with Crippen molar-refractivity contribution in [3.05, 3.63) is 65.7 Å². The van der Waals surface area contributed by atoms with Crippen LogP contribution in [0.5, 0.6) is 0 Å². The van der Waals surface area contributed by atoms with Crippen molar-refractivity contribution in [2.75, 3.05) is 6.61 Å². The van der Waals surface area contributed by atoms with Crippen molar-refractivity contribution in [1.29, 1.82) is 0 Å². The van der Waals surface area contributed by atoms with Gasteiger partial charge in [0.15, 0.2) is 0 Å². The summed E-state index contributed by atoms with van der Waals surface area (Å²) in [6, 6.07) is 17.8. The highest BCUT2D eigenvalue weighted by molar-refractivity contribution is 6.00. The Morgan fingerprint density at radius 1 is 1.04 bits per heavy atom. The Bertz CT molecular complexity index is 841. The number of hydrogen-bond acceptors (Lipinski definition) is 3. The highest BCUT2D eigenvalue weighted by Crippen LogP contribution is 2.27. The van der Waals surface area contributed by atoms with Gasteiger partial charge in [-0.1, -0.05) is 43.3 Å². The Hall–Kier alpha value is -2.68. The summed E-state index contributed by atoms with van der Waals surface area (Å²) < 4.78 is 5.22. The molecular weight excluding hydrogens is 286 g/mol. The second-order valence-corrected chi connectivity index (χ2v) is 5.35. The zero-order valence-corrected chi connectivity index (χ0v) is 13.4. The summed E-state index contributed by atoms with van der Waals surface area (Å²) >= 11 is 0. The first-order valence-electron chi connectivity index (χ1n) is 7.89. The summed E-state index contributed by atoms with van der Waals surface area (Å²) in [4.78, 5) is 17.1. The van der Waals surface area contributed by atoms with E-state index in [0.717, 1.165) is 22.9 Å². The third-order valence-corrected chi connectivity index (χ3v) is 3.83. The standard InChI is InChI=1S/C20H19NO2/c1-3-14-10-11-18-16(12-14)13-17(20(22)23-4-2)19(21-18)15-8-6-5-7-9-15/h5-13H,3-4H2,1-2H3. The molecule has 2 aromatic carbocycles. The van der Waals surface area contributed by atoms with Gasteiger partial charge in [0.25, 0.3) is 0 Å². The Balaban J connectivity index is 2.23. The van der Waals surface area contributed by atoms with Gasteiger partial charge in [0.1, 0.15) is 0 Å². The normalized spacial score (nSPS) is 10.7. The summed E-state index contributed by atoms with van der Waals surface area (Å²) in [6.07, 6.45) is 0.950. The van der Waals surface area contributed by atoms with E-state index in [1.807, 2.05) is 49.4 Å². The third-order valence-electron chi connectivity index (χ3n) is 3.83. The molecule has 3 nitrogen and oxygen atoms in total. The van der Waals surface area contributed by atoms with Crippen LogP contribution in [-0.4, -0.2) is 17.6 Å². The van der Waals surface area contributed by atoms with Crippen LogP contribution in [0.4, 0.5) is 0 Å². The van der Waals surface area contributed by atoms with Crippen LogP contribution in [0.15, 0.2) is 54.6 Å². The molecule has 3 heteroatoms. The molecule has 116 valence electrons. The molecule has 0 aliphatic carbocycles. The Morgan fingerprint density at radius 3 is 2.52 bits per heavy atom. The molecular formula is C20H19NO2. The number of aryl methyl sites for hydroxylation is 1. The first kappa shape index (κ1) is 15.2. The Kier molecular flexibility index (Phi) is 4.38. The van der Waals surface area contributed by atoms with E-state index in [-0.39, 0.29) is 5.97 Å². The summed E-state index contributed by atoms with van der Waals surface area (Å²) in [6.45, 7) is 4.27. The van der Waals surface area contributed by atoms with Gasteiger partial charge in [0.05, 0.1) is 23.4 Å². The van der Waals surface area contributed by atoms with E-state index >= 15 is 0 Å². The molecule has 0 bridgehead atoms. The van der Waals surface area contributed by atoms with Crippen molar-refractivity contribution in [3.63, 3.8) is 0 Å². The monoisotopic (exact) mass is 305 g/mol. The third kappa shape index (κ3) is 3.09. The maximum atomic E-state index is 12.4. The zero-order chi connectivity index (χ0) is 16.2. The van der Waals surface area contributed by atoms with E-state index in [1.54, 1.807) is 0 Å². The lowest BCUT2D eigenvalue weighted by Crippen LogP contribution is -2.08. The number of fused-ring (bicyclic) bond motifs is 1. The maximum absolute atomic E-state index is 12.4. The highest BCUT2D eigenvalue weighted by atomic mass is 16.5. The van der Waals surface area contributed by atoms with E-state index < -0.39 is 0 Å². The molecule has 1 heterocycles. The van der Waals surface area contributed by atoms with Crippen LogP contribution in [0, 0.1) is 0 Å². The predicted octanol–water partition coefficient (Wildman–Crippen LogP) is 4.64. The summed E-state index contributed by atoms with van der Waals surface area (Å²) in [7, 11) is 0. The molecule has 0 saturated carbocycles. The van der Waals surface area contributed by atoms with Crippen LogP contribution < -0.4 is 0 Å². The van der Waals surface area contributed by atoms with Crippen LogP contribution in [0.25, 0.3) is 22.2 Å². The van der Waals surface area contributed by atoms with Crippen LogP contribution >= 0.6 is 0 Å². The van der Waals surface area contributed by atoms with Gasteiger partial charge in [-0.15, -0.1) is 0 Å². The number of benzene rings is 2. The summed E-state index contributed by atoms with van der Waals surface area (Å²) in [5.74, 6) is -0.331. The first-order chi connectivity index (χ1) is 11.2. The highest BCUT2D eigenvalue weighted by Gasteiger charge is 2.17. The second-order valence-electron chi connectivity index (χ2n) is 5.35. The van der Waals surface area contributed by atoms with E-state index in [4.69, 9.17) is 9.72 Å². The number of nitrogens with zero attached hydrogens (tertiary/aromatic N) is 1. The molecule has 3 aromatic rings. The lowest BCUT2D eigenvalue weighted by atomic mass is 10.0. The maximum Gasteiger partial charge on any atom is 0.340 e. The second kappa shape index (κ2) is 6.61. The topological polar surface area (TPSA) is 39.2 Å². The van der Waals surface area contributed by atoms with Gasteiger partial charge in [0, 0.05) is 10.9 Å². The smallest absolute Gasteiger partial charge is 0.340 e. The van der Waals surface area contributed by atoms with E-state index in [1.165, 1.54) is 5.56 Å². The molecule has 0 saturated heterocycles. The number of rotatable bonds is 4. The molecule has 0 atom stereocenters. The minimum Gasteiger partial charge on any atom is -0.462 e. The number of hydrogen-bond donors (Lipinski definition) is 0. The van der Waals surface area contributed by atoms with E-state index in [2.05, 4.69) is 19.1 Å².